The van der Waals surface area contributed by atoms with Gasteiger partial charge in [0.05, 0.1) is 0 Å². The number of aryl methyl sites for hydroxylation is 1. The van der Waals surface area contributed by atoms with Gasteiger partial charge < -0.3 is 10.8 Å². The molecule has 0 unspecified atom stereocenters. The monoisotopic (exact) mass is 225 g/mol. The third kappa shape index (κ3) is 4.36. The molecule has 0 saturated carbocycles. The fourth-order valence-electron chi connectivity index (χ4n) is 1.06. The Balaban J connectivity index is 2.32. The standard InChI is InChI=1S/C11H15NO2S/c1-8-2-4-9(5-3-8)15-7-6-10(12)11(13)14/h2-5,10H,6-7,12H2,1H3,(H,13,14)/t10-/m0/s1. The summed E-state index contributed by atoms with van der Waals surface area (Å²) in [5, 5.41) is 8.58. The Morgan fingerprint density at radius 1 is 1.47 bits per heavy atom. The zero-order chi connectivity index (χ0) is 11.3. The van der Waals surface area contributed by atoms with Crippen molar-refractivity contribution < 1.29 is 9.90 Å². The molecule has 0 saturated heterocycles. The Morgan fingerprint density at radius 2 is 2.07 bits per heavy atom. The number of thioether (sulfide) groups is 1. The Bertz CT molecular complexity index is 324. The smallest absolute Gasteiger partial charge is 0.320 e. The van der Waals surface area contributed by atoms with Crippen molar-refractivity contribution in [1.29, 1.82) is 0 Å². The summed E-state index contributed by atoms with van der Waals surface area (Å²) in [6.07, 6.45) is 0.494. The largest absolute Gasteiger partial charge is 0.480 e. The molecule has 0 aliphatic rings. The maximum Gasteiger partial charge on any atom is 0.320 e. The third-order valence-electron chi connectivity index (χ3n) is 2.04. The van der Waals surface area contributed by atoms with Gasteiger partial charge in [-0.05, 0) is 25.5 Å². The topological polar surface area (TPSA) is 63.3 Å². The van der Waals surface area contributed by atoms with Gasteiger partial charge in [0, 0.05) is 10.6 Å². The van der Waals surface area contributed by atoms with Crippen LogP contribution in [-0.2, 0) is 4.79 Å². The van der Waals surface area contributed by atoms with Crippen molar-refractivity contribution in [2.45, 2.75) is 24.3 Å². The van der Waals surface area contributed by atoms with Gasteiger partial charge >= 0.3 is 5.97 Å². The van der Waals surface area contributed by atoms with E-state index in [1.54, 1.807) is 11.8 Å². The van der Waals surface area contributed by atoms with Gasteiger partial charge in [0.15, 0.2) is 0 Å². The molecule has 0 aromatic heterocycles. The Labute approximate surface area is 93.7 Å². The summed E-state index contributed by atoms with van der Waals surface area (Å²) in [7, 11) is 0. The van der Waals surface area contributed by atoms with Crippen LogP contribution in [-0.4, -0.2) is 22.9 Å². The molecular weight excluding hydrogens is 210 g/mol. The molecule has 0 radical (unpaired) electrons. The van der Waals surface area contributed by atoms with Gasteiger partial charge in [-0.25, -0.2) is 0 Å². The van der Waals surface area contributed by atoms with Crippen LogP contribution in [0.1, 0.15) is 12.0 Å². The molecule has 0 amide bonds. The molecule has 0 fully saturated rings. The number of nitrogens with two attached hydrogens (primary N) is 1. The van der Waals surface area contributed by atoms with Crippen LogP contribution in [0.15, 0.2) is 29.2 Å². The van der Waals surface area contributed by atoms with Gasteiger partial charge in [-0.1, -0.05) is 17.7 Å². The molecule has 1 rings (SSSR count). The second-order valence-corrected chi connectivity index (χ2v) is 4.56. The number of hydrogen-bond donors (Lipinski definition) is 2. The Morgan fingerprint density at radius 3 is 2.60 bits per heavy atom. The van der Waals surface area contributed by atoms with E-state index in [0.717, 1.165) is 10.6 Å². The van der Waals surface area contributed by atoms with Crippen molar-refractivity contribution in [3.05, 3.63) is 29.8 Å². The quantitative estimate of drug-likeness (QED) is 0.751. The van der Waals surface area contributed by atoms with Crippen molar-refractivity contribution in [1.82, 2.24) is 0 Å². The number of rotatable bonds is 5. The van der Waals surface area contributed by atoms with E-state index in [9.17, 15) is 4.79 Å². The summed E-state index contributed by atoms with van der Waals surface area (Å²) >= 11 is 1.63. The van der Waals surface area contributed by atoms with Crippen molar-refractivity contribution in [2.24, 2.45) is 5.73 Å². The number of carboxylic acid groups (broad SMARTS) is 1. The van der Waals surface area contributed by atoms with Crippen molar-refractivity contribution in [3.8, 4) is 0 Å². The summed E-state index contributed by atoms with van der Waals surface area (Å²) in [6.45, 7) is 2.04. The third-order valence-corrected chi connectivity index (χ3v) is 3.08. The highest BCUT2D eigenvalue weighted by Gasteiger charge is 2.10. The van der Waals surface area contributed by atoms with Crippen molar-refractivity contribution in [3.63, 3.8) is 0 Å². The van der Waals surface area contributed by atoms with Crippen LogP contribution in [0.5, 0.6) is 0 Å². The molecule has 4 heteroatoms. The second-order valence-electron chi connectivity index (χ2n) is 3.39. The molecule has 15 heavy (non-hydrogen) atoms. The maximum atomic E-state index is 10.5. The first-order valence-corrected chi connectivity index (χ1v) is 5.76. The van der Waals surface area contributed by atoms with Crippen molar-refractivity contribution in [2.75, 3.05) is 5.75 Å². The maximum absolute atomic E-state index is 10.5. The predicted octanol–water partition coefficient (Wildman–Crippen LogP) is 1.89. The van der Waals surface area contributed by atoms with Crippen LogP contribution in [0.2, 0.25) is 0 Å². The van der Waals surface area contributed by atoms with Gasteiger partial charge in [-0.15, -0.1) is 11.8 Å². The molecule has 1 atom stereocenters. The molecule has 0 bridgehead atoms. The minimum atomic E-state index is -0.931. The van der Waals surface area contributed by atoms with E-state index in [4.69, 9.17) is 10.8 Å². The lowest BCUT2D eigenvalue weighted by atomic mass is 10.2. The number of benzene rings is 1. The van der Waals surface area contributed by atoms with Crippen LogP contribution in [0.4, 0.5) is 0 Å². The minimum absolute atomic E-state index is 0.494. The van der Waals surface area contributed by atoms with E-state index < -0.39 is 12.0 Å². The van der Waals surface area contributed by atoms with E-state index in [0.29, 0.717) is 6.42 Å². The number of carboxylic acids is 1. The minimum Gasteiger partial charge on any atom is -0.480 e. The summed E-state index contributed by atoms with van der Waals surface area (Å²) in [6, 6.07) is 7.40. The van der Waals surface area contributed by atoms with Crippen LogP contribution in [0.3, 0.4) is 0 Å². The molecule has 1 aromatic rings. The van der Waals surface area contributed by atoms with Gasteiger partial charge in [0.1, 0.15) is 6.04 Å². The highest BCUT2D eigenvalue weighted by molar-refractivity contribution is 7.99. The van der Waals surface area contributed by atoms with Gasteiger partial charge in [-0.2, -0.15) is 0 Å². The van der Waals surface area contributed by atoms with Crippen molar-refractivity contribution >= 4 is 17.7 Å². The fourth-order valence-corrected chi connectivity index (χ4v) is 2.00. The number of hydrogen-bond acceptors (Lipinski definition) is 3. The highest BCUT2D eigenvalue weighted by Crippen LogP contribution is 2.19. The van der Waals surface area contributed by atoms with Gasteiger partial charge in [-0.3, -0.25) is 4.79 Å². The average molecular weight is 225 g/mol. The molecule has 0 aliphatic heterocycles. The Kier molecular flexibility index (Phi) is 4.65. The SMILES string of the molecule is Cc1ccc(SCC[C@H](N)C(=O)O)cc1. The normalized spacial score (nSPS) is 12.4. The van der Waals surface area contributed by atoms with E-state index in [2.05, 4.69) is 0 Å². The average Bonchev–Trinajstić information content (AvgIpc) is 2.20. The number of carbonyl (C=O) groups is 1. The lowest BCUT2D eigenvalue weighted by Gasteiger charge is -2.05. The highest BCUT2D eigenvalue weighted by atomic mass is 32.2. The number of aliphatic carboxylic acids is 1. The zero-order valence-electron chi connectivity index (χ0n) is 8.64. The first-order valence-electron chi connectivity index (χ1n) is 4.77. The van der Waals surface area contributed by atoms with Gasteiger partial charge in [0.25, 0.3) is 0 Å². The van der Waals surface area contributed by atoms with E-state index in [-0.39, 0.29) is 0 Å². The molecule has 0 heterocycles. The molecule has 82 valence electrons. The first kappa shape index (κ1) is 12.1. The fraction of sp³-hybridized carbons (Fsp3) is 0.364. The summed E-state index contributed by atoms with van der Waals surface area (Å²) < 4.78 is 0. The van der Waals surface area contributed by atoms with Crippen LogP contribution in [0, 0.1) is 6.92 Å². The molecular formula is C11H15NO2S. The lowest BCUT2D eigenvalue weighted by molar-refractivity contribution is -0.138. The van der Waals surface area contributed by atoms with E-state index in [1.807, 2.05) is 31.2 Å². The summed E-state index contributed by atoms with van der Waals surface area (Å²) in [4.78, 5) is 11.6. The molecule has 0 aliphatic carbocycles. The zero-order valence-corrected chi connectivity index (χ0v) is 9.46. The molecule has 0 spiro atoms. The summed E-state index contributed by atoms with van der Waals surface area (Å²) in [5.74, 6) is -0.198. The predicted molar refractivity (Wildman–Crippen MR) is 62.1 cm³/mol. The lowest BCUT2D eigenvalue weighted by Crippen LogP contribution is -2.30. The van der Waals surface area contributed by atoms with Crippen LogP contribution in [0.25, 0.3) is 0 Å². The van der Waals surface area contributed by atoms with Crippen LogP contribution >= 0.6 is 11.8 Å². The van der Waals surface area contributed by atoms with Gasteiger partial charge in [0.2, 0.25) is 0 Å². The molecule has 3 N–H and O–H groups in total. The summed E-state index contributed by atoms with van der Waals surface area (Å²) in [5.41, 5.74) is 6.62. The van der Waals surface area contributed by atoms with E-state index >= 15 is 0 Å². The molecule has 1 aromatic carbocycles. The van der Waals surface area contributed by atoms with Crippen LogP contribution < -0.4 is 5.73 Å². The first-order chi connectivity index (χ1) is 7.09. The van der Waals surface area contributed by atoms with E-state index in [1.165, 1.54) is 5.56 Å². The molecule has 3 nitrogen and oxygen atoms in total. The Hall–Kier alpha value is -1.00. The second kappa shape index (κ2) is 5.78.